The molecule has 0 saturated carbocycles. The van der Waals surface area contributed by atoms with Crippen LogP contribution in [0.1, 0.15) is 48.5 Å². The van der Waals surface area contributed by atoms with Crippen molar-refractivity contribution < 1.29 is 13.2 Å². The first-order valence-electron chi connectivity index (χ1n) is 10.1. The van der Waals surface area contributed by atoms with Crippen LogP contribution in [0.5, 0.6) is 0 Å². The van der Waals surface area contributed by atoms with Crippen molar-refractivity contribution in [3.05, 3.63) is 60.3 Å². The maximum absolute atomic E-state index is 12.9. The predicted molar refractivity (Wildman–Crippen MR) is 113 cm³/mol. The van der Waals surface area contributed by atoms with Crippen molar-refractivity contribution in [1.29, 1.82) is 0 Å². The van der Waals surface area contributed by atoms with Gasteiger partial charge in [0.05, 0.1) is 17.9 Å². The molecule has 3 heterocycles. The van der Waals surface area contributed by atoms with E-state index in [0.29, 0.717) is 25.3 Å². The van der Waals surface area contributed by atoms with E-state index in [1.165, 1.54) is 12.3 Å². The first-order chi connectivity index (χ1) is 14.5. The molecule has 1 saturated heterocycles. The fourth-order valence-corrected chi connectivity index (χ4v) is 4.89. The summed E-state index contributed by atoms with van der Waals surface area (Å²) in [6, 6.07) is 10.6. The van der Waals surface area contributed by atoms with Crippen LogP contribution in [0.15, 0.2) is 53.7 Å². The van der Waals surface area contributed by atoms with E-state index in [0.717, 1.165) is 24.1 Å². The minimum absolute atomic E-state index is 0.0401. The van der Waals surface area contributed by atoms with Crippen LogP contribution in [0.4, 0.5) is 0 Å². The Labute approximate surface area is 175 Å². The fourth-order valence-electron chi connectivity index (χ4n) is 3.61. The Morgan fingerprint density at radius 1 is 1.23 bits per heavy atom. The van der Waals surface area contributed by atoms with Crippen molar-refractivity contribution in [3.8, 4) is 11.3 Å². The Morgan fingerprint density at radius 3 is 2.67 bits per heavy atom. The van der Waals surface area contributed by atoms with Gasteiger partial charge in [-0.3, -0.25) is 4.79 Å². The highest BCUT2D eigenvalue weighted by Gasteiger charge is 2.26. The number of imidazole rings is 1. The molecule has 1 fully saturated rings. The molecule has 1 amide bonds. The van der Waals surface area contributed by atoms with Crippen LogP contribution in [0.25, 0.3) is 11.3 Å². The number of carbonyl (C=O) groups is 1. The van der Waals surface area contributed by atoms with E-state index in [1.807, 2.05) is 37.3 Å². The molecule has 30 heavy (non-hydrogen) atoms. The standard InChI is InChI=1S/C21H25N5O3S/c1-2-17(20-23-14-19(24-20)15-8-4-3-5-9-15)25-30(28,29)16-12-18(22-13-16)21(27)26-10-6-7-11-26/h3-5,8-9,12-14,17,22,25H,2,6-7,10-11H2,1H3,(H,23,24). The molecule has 8 nitrogen and oxygen atoms in total. The average Bonchev–Trinajstić information content (AvgIpc) is 3.53. The maximum Gasteiger partial charge on any atom is 0.270 e. The van der Waals surface area contributed by atoms with Crippen molar-refractivity contribution in [2.24, 2.45) is 0 Å². The molecule has 9 heteroatoms. The second-order valence-electron chi connectivity index (χ2n) is 7.38. The van der Waals surface area contributed by atoms with Crippen molar-refractivity contribution in [2.75, 3.05) is 13.1 Å². The van der Waals surface area contributed by atoms with Crippen LogP contribution >= 0.6 is 0 Å². The topological polar surface area (TPSA) is 111 Å². The van der Waals surface area contributed by atoms with E-state index < -0.39 is 16.1 Å². The molecule has 1 aliphatic rings. The van der Waals surface area contributed by atoms with Gasteiger partial charge in [0.1, 0.15) is 16.4 Å². The van der Waals surface area contributed by atoms with Gasteiger partial charge in [0.15, 0.2) is 0 Å². The van der Waals surface area contributed by atoms with Gasteiger partial charge in [0, 0.05) is 19.3 Å². The zero-order chi connectivity index (χ0) is 21.1. The van der Waals surface area contributed by atoms with E-state index >= 15 is 0 Å². The molecule has 3 N–H and O–H groups in total. The molecule has 3 aromatic rings. The zero-order valence-corrected chi connectivity index (χ0v) is 17.6. The average molecular weight is 428 g/mol. The van der Waals surface area contributed by atoms with Gasteiger partial charge in [0.25, 0.3) is 5.91 Å². The summed E-state index contributed by atoms with van der Waals surface area (Å²) in [6.07, 6.45) is 5.53. The number of nitrogens with zero attached hydrogens (tertiary/aromatic N) is 2. The highest BCUT2D eigenvalue weighted by Crippen LogP contribution is 2.23. The second-order valence-corrected chi connectivity index (χ2v) is 9.09. The summed E-state index contributed by atoms with van der Waals surface area (Å²) in [5.41, 5.74) is 2.09. The van der Waals surface area contributed by atoms with Gasteiger partial charge in [-0.25, -0.2) is 18.1 Å². The summed E-state index contributed by atoms with van der Waals surface area (Å²) in [6.45, 7) is 3.30. The third kappa shape index (κ3) is 4.17. The summed E-state index contributed by atoms with van der Waals surface area (Å²) in [5.74, 6) is 0.378. The number of aromatic nitrogens is 3. The number of H-pyrrole nitrogens is 2. The first kappa shape index (κ1) is 20.4. The Bertz CT molecular complexity index is 1110. The van der Waals surface area contributed by atoms with Crippen molar-refractivity contribution in [1.82, 2.24) is 24.6 Å². The number of rotatable bonds is 7. The molecule has 4 rings (SSSR count). The number of amides is 1. The minimum atomic E-state index is -3.82. The lowest BCUT2D eigenvalue weighted by Gasteiger charge is -2.14. The number of carbonyl (C=O) groups excluding carboxylic acids is 1. The normalized spacial score (nSPS) is 15.4. The van der Waals surface area contributed by atoms with Crippen LogP contribution in [-0.4, -0.2) is 47.3 Å². The van der Waals surface area contributed by atoms with Gasteiger partial charge in [-0.05, 0) is 30.9 Å². The van der Waals surface area contributed by atoms with Gasteiger partial charge in [-0.2, -0.15) is 0 Å². The lowest BCUT2D eigenvalue weighted by atomic mass is 10.2. The quantitative estimate of drug-likeness (QED) is 0.538. The minimum Gasteiger partial charge on any atom is -0.356 e. The van der Waals surface area contributed by atoms with E-state index in [1.54, 1.807) is 11.1 Å². The Balaban J connectivity index is 1.51. The lowest BCUT2D eigenvalue weighted by molar-refractivity contribution is 0.0787. The van der Waals surface area contributed by atoms with Crippen molar-refractivity contribution in [3.63, 3.8) is 0 Å². The van der Waals surface area contributed by atoms with E-state index in [-0.39, 0.29) is 16.5 Å². The molecule has 0 spiro atoms. The van der Waals surface area contributed by atoms with E-state index in [2.05, 4.69) is 19.7 Å². The van der Waals surface area contributed by atoms with E-state index in [4.69, 9.17) is 0 Å². The van der Waals surface area contributed by atoms with Crippen LogP contribution in [0.2, 0.25) is 0 Å². The van der Waals surface area contributed by atoms with Crippen LogP contribution < -0.4 is 4.72 Å². The monoisotopic (exact) mass is 427 g/mol. The Hall–Kier alpha value is -2.91. The molecule has 2 aromatic heterocycles. The number of benzene rings is 1. The number of nitrogens with one attached hydrogen (secondary N) is 3. The summed E-state index contributed by atoms with van der Waals surface area (Å²) in [5, 5.41) is 0. The van der Waals surface area contributed by atoms with Crippen molar-refractivity contribution in [2.45, 2.75) is 37.1 Å². The Kier molecular flexibility index (Phi) is 5.74. The molecule has 1 atom stereocenters. The fraction of sp³-hybridized carbons (Fsp3) is 0.333. The SMILES string of the molecule is CCC(NS(=O)(=O)c1c[nH]c(C(=O)N2CCCC2)c1)c1ncc(-c2ccccc2)[nH]1. The number of aromatic amines is 2. The van der Waals surface area contributed by atoms with E-state index in [9.17, 15) is 13.2 Å². The second kappa shape index (κ2) is 8.45. The number of hydrogen-bond donors (Lipinski definition) is 3. The zero-order valence-electron chi connectivity index (χ0n) is 16.8. The van der Waals surface area contributed by atoms with Gasteiger partial charge < -0.3 is 14.9 Å². The molecular weight excluding hydrogens is 402 g/mol. The smallest absolute Gasteiger partial charge is 0.270 e. The summed E-state index contributed by atoms with van der Waals surface area (Å²) < 4.78 is 28.5. The van der Waals surface area contributed by atoms with Crippen LogP contribution in [-0.2, 0) is 10.0 Å². The summed E-state index contributed by atoms with van der Waals surface area (Å²) in [7, 11) is -3.82. The van der Waals surface area contributed by atoms with Crippen LogP contribution in [0, 0.1) is 0 Å². The lowest BCUT2D eigenvalue weighted by Crippen LogP contribution is -2.29. The number of hydrogen-bond acceptors (Lipinski definition) is 4. The summed E-state index contributed by atoms with van der Waals surface area (Å²) >= 11 is 0. The van der Waals surface area contributed by atoms with Crippen LogP contribution in [0.3, 0.4) is 0 Å². The first-order valence-corrected chi connectivity index (χ1v) is 11.6. The van der Waals surface area contributed by atoms with Gasteiger partial charge in [0.2, 0.25) is 10.0 Å². The van der Waals surface area contributed by atoms with Gasteiger partial charge >= 0.3 is 0 Å². The third-order valence-corrected chi connectivity index (χ3v) is 6.76. The van der Waals surface area contributed by atoms with Gasteiger partial charge in [-0.15, -0.1) is 0 Å². The third-order valence-electron chi connectivity index (χ3n) is 5.31. The highest BCUT2D eigenvalue weighted by molar-refractivity contribution is 7.89. The molecule has 0 aliphatic carbocycles. The molecule has 1 aromatic carbocycles. The van der Waals surface area contributed by atoms with Gasteiger partial charge in [-0.1, -0.05) is 37.3 Å². The predicted octanol–water partition coefficient (Wildman–Crippen LogP) is 3.07. The molecular formula is C21H25N5O3S. The molecule has 0 radical (unpaired) electrons. The number of likely N-dealkylation sites (tertiary alicyclic amines) is 1. The van der Waals surface area contributed by atoms with Crippen molar-refractivity contribution >= 4 is 15.9 Å². The largest absolute Gasteiger partial charge is 0.356 e. The molecule has 1 unspecified atom stereocenters. The molecule has 0 bridgehead atoms. The summed E-state index contributed by atoms with van der Waals surface area (Å²) in [4.78, 5) is 24.7. The molecule has 158 valence electrons. The number of sulfonamides is 1. The Morgan fingerprint density at radius 2 is 1.97 bits per heavy atom. The maximum atomic E-state index is 12.9. The molecule has 1 aliphatic heterocycles. The highest BCUT2D eigenvalue weighted by atomic mass is 32.2.